The van der Waals surface area contributed by atoms with Crippen molar-refractivity contribution < 1.29 is 13.9 Å². The van der Waals surface area contributed by atoms with Crippen molar-refractivity contribution in [3.63, 3.8) is 0 Å². The first-order valence-electron chi connectivity index (χ1n) is 5.24. The Morgan fingerprint density at radius 3 is 2.47 bits per heavy atom. The zero-order chi connectivity index (χ0) is 13.8. The van der Waals surface area contributed by atoms with Crippen LogP contribution in [0.1, 0.15) is 11.7 Å². The van der Waals surface area contributed by atoms with Crippen LogP contribution < -0.4 is 0 Å². The lowest BCUT2D eigenvalue weighted by atomic mass is 10.1. The molecule has 0 spiro atoms. The normalized spacial score (nSPS) is 12.6. The van der Waals surface area contributed by atoms with Crippen LogP contribution in [0, 0.1) is 11.6 Å². The highest BCUT2D eigenvalue weighted by Gasteiger charge is 2.18. The molecule has 2 aromatic rings. The van der Waals surface area contributed by atoms with E-state index in [1.165, 1.54) is 40.9 Å². The van der Waals surface area contributed by atoms with Gasteiger partial charge in [-0.05, 0) is 18.4 Å². The molecule has 1 aromatic heterocycles. The lowest BCUT2D eigenvalue weighted by Gasteiger charge is -2.11. The third kappa shape index (κ3) is 3.65. The number of hydrogen-bond acceptors (Lipinski definition) is 6. The molecule has 1 unspecified atom stereocenters. The molecule has 0 aliphatic rings. The van der Waals surface area contributed by atoms with Crippen LogP contribution in [0.4, 0.5) is 8.78 Å². The van der Waals surface area contributed by atoms with E-state index in [1.807, 2.05) is 6.26 Å². The van der Waals surface area contributed by atoms with Gasteiger partial charge in [0, 0.05) is 5.75 Å². The van der Waals surface area contributed by atoms with Gasteiger partial charge >= 0.3 is 0 Å². The average Bonchev–Trinajstić information content (AvgIpc) is 2.84. The molecule has 0 bridgehead atoms. The van der Waals surface area contributed by atoms with Gasteiger partial charge in [0.25, 0.3) is 0 Å². The predicted molar refractivity (Wildman–Crippen MR) is 73.7 cm³/mol. The van der Waals surface area contributed by atoms with E-state index in [0.29, 0.717) is 4.34 Å². The van der Waals surface area contributed by atoms with Gasteiger partial charge in [0.05, 0.1) is 11.7 Å². The maximum Gasteiger partial charge on any atom is 0.175 e. The second-order valence-corrected chi connectivity index (χ2v) is 6.80. The van der Waals surface area contributed by atoms with Crippen LogP contribution in [0.25, 0.3) is 0 Å². The van der Waals surface area contributed by atoms with E-state index in [4.69, 9.17) is 0 Å². The molecule has 102 valence electrons. The number of aliphatic hydroxyl groups excluding tert-OH is 1. The molecule has 0 radical (unpaired) electrons. The summed E-state index contributed by atoms with van der Waals surface area (Å²) in [7, 11) is 0. The summed E-state index contributed by atoms with van der Waals surface area (Å²) in [5.41, 5.74) is -0.301. The molecule has 0 aliphatic carbocycles. The standard InChI is InChI=1S/C11H10F2N2OS3/c1-17-10-14-15-11(19-10)18-5-8(16)9-6(12)3-2-4-7(9)13/h2-4,8,16H,5H2,1H3. The molecule has 0 saturated carbocycles. The molecule has 2 rings (SSSR count). The van der Waals surface area contributed by atoms with E-state index in [2.05, 4.69) is 10.2 Å². The van der Waals surface area contributed by atoms with Gasteiger partial charge in [0.2, 0.25) is 0 Å². The topological polar surface area (TPSA) is 46.0 Å². The predicted octanol–water partition coefficient (Wildman–Crippen LogP) is 3.36. The van der Waals surface area contributed by atoms with Crippen LogP contribution in [0.5, 0.6) is 0 Å². The van der Waals surface area contributed by atoms with Gasteiger partial charge in [-0.3, -0.25) is 0 Å². The van der Waals surface area contributed by atoms with Crippen molar-refractivity contribution in [2.24, 2.45) is 0 Å². The first-order chi connectivity index (χ1) is 9.11. The molecule has 0 aliphatic heterocycles. The fourth-order valence-electron chi connectivity index (χ4n) is 1.40. The Labute approximate surface area is 121 Å². The van der Waals surface area contributed by atoms with Gasteiger partial charge in [0.15, 0.2) is 8.68 Å². The fraction of sp³-hybridized carbons (Fsp3) is 0.273. The molecule has 19 heavy (non-hydrogen) atoms. The van der Waals surface area contributed by atoms with Crippen molar-refractivity contribution in [1.82, 2.24) is 10.2 Å². The summed E-state index contributed by atoms with van der Waals surface area (Å²) in [4.78, 5) is 0. The van der Waals surface area contributed by atoms with Crippen LogP contribution in [-0.4, -0.2) is 27.3 Å². The quantitative estimate of drug-likeness (QED) is 0.856. The number of benzene rings is 1. The Kier molecular flexibility index (Phi) is 5.14. The van der Waals surface area contributed by atoms with E-state index in [9.17, 15) is 13.9 Å². The van der Waals surface area contributed by atoms with E-state index >= 15 is 0 Å². The molecule has 0 fully saturated rings. The molecular formula is C11H10F2N2OS3. The number of rotatable bonds is 5. The zero-order valence-electron chi connectivity index (χ0n) is 9.84. The van der Waals surface area contributed by atoms with Crippen molar-refractivity contribution in [3.05, 3.63) is 35.4 Å². The maximum absolute atomic E-state index is 13.4. The van der Waals surface area contributed by atoms with E-state index in [1.54, 1.807) is 0 Å². The van der Waals surface area contributed by atoms with Crippen LogP contribution in [0.15, 0.2) is 26.9 Å². The second-order valence-electron chi connectivity index (χ2n) is 3.50. The molecular weight excluding hydrogens is 310 g/mol. The minimum atomic E-state index is -1.21. The van der Waals surface area contributed by atoms with Gasteiger partial charge in [0.1, 0.15) is 11.6 Å². The van der Waals surface area contributed by atoms with Gasteiger partial charge < -0.3 is 5.11 Å². The lowest BCUT2D eigenvalue weighted by Crippen LogP contribution is -2.06. The van der Waals surface area contributed by atoms with Crippen molar-refractivity contribution in [2.45, 2.75) is 14.8 Å². The maximum atomic E-state index is 13.4. The second kappa shape index (κ2) is 6.65. The minimum absolute atomic E-state index is 0.126. The first kappa shape index (κ1) is 14.7. The summed E-state index contributed by atoms with van der Waals surface area (Å²) < 4.78 is 28.4. The molecule has 0 amide bonds. The van der Waals surface area contributed by atoms with Crippen molar-refractivity contribution in [3.8, 4) is 0 Å². The Morgan fingerprint density at radius 1 is 1.26 bits per heavy atom. The molecule has 1 aromatic carbocycles. The number of hydrogen-bond donors (Lipinski definition) is 1. The summed E-state index contributed by atoms with van der Waals surface area (Å²) in [5.74, 6) is -1.36. The van der Waals surface area contributed by atoms with E-state index < -0.39 is 17.7 Å². The van der Waals surface area contributed by atoms with Crippen LogP contribution in [0.3, 0.4) is 0 Å². The third-order valence-electron chi connectivity index (χ3n) is 2.26. The molecule has 1 N–H and O–H groups in total. The summed E-state index contributed by atoms with van der Waals surface area (Å²) >= 11 is 4.08. The number of nitrogens with zero attached hydrogens (tertiary/aromatic N) is 2. The van der Waals surface area contributed by atoms with Crippen molar-refractivity contribution in [1.29, 1.82) is 0 Å². The molecule has 0 saturated heterocycles. The molecule has 8 heteroatoms. The summed E-state index contributed by atoms with van der Waals surface area (Å²) in [6.45, 7) is 0. The highest BCUT2D eigenvalue weighted by molar-refractivity contribution is 8.02. The Bertz CT molecular complexity index is 544. The highest BCUT2D eigenvalue weighted by Crippen LogP contribution is 2.31. The Morgan fingerprint density at radius 2 is 1.89 bits per heavy atom. The lowest BCUT2D eigenvalue weighted by molar-refractivity contribution is 0.193. The number of thioether (sulfide) groups is 2. The van der Waals surface area contributed by atoms with Crippen LogP contribution in [-0.2, 0) is 0 Å². The Balaban J connectivity index is 2.03. The molecule has 3 nitrogen and oxygen atoms in total. The van der Waals surface area contributed by atoms with E-state index in [-0.39, 0.29) is 11.3 Å². The zero-order valence-corrected chi connectivity index (χ0v) is 12.3. The van der Waals surface area contributed by atoms with Gasteiger partial charge in [-0.1, -0.05) is 40.9 Å². The van der Waals surface area contributed by atoms with E-state index in [0.717, 1.165) is 16.5 Å². The number of aromatic nitrogens is 2. The highest BCUT2D eigenvalue weighted by atomic mass is 32.2. The largest absolute Gasteiger partial charge is 0.387 e. The third-order valence-corrected chi connectivity index (χ3v) is 5.37. The minimum Gasteiger partial charge on any atom is -0.387 e. The van der Waals surface area contributed by atoms with Crippen molar-refractivity contribution in [2.75, 3.05) is 12.0 Å². The van der Waals surface area contributed by atoms with Crippen LogP contribution >= 0.6 is 34.9 Å². The fourth-order valence-corrected chi connectivity index (χ4v) is 3.81. The summed E-state index contributed by atoms with van der Waals surface area (Å²) in [6.07, 6.45) is 0.672. The number of aliphatic hydroxyl groups is 1. The van der Waals surface area contributed by atoms with Gasteiger partial charge in [-0.2, -0.15) is 0 Å². The molecule has 1 atom stereocenters. The number of halogens is 2. The summed E-state index contributed by atoms with van der Waals surface area (Å²) in [5, 5.41) is 17.7. The Hall–Kier alpha value is -0.700. The van der Waals surface area contributed by atoms with Crippen molar-refractivity contribution >= 4 is 34.9 Å². The molecule has 1 heterocycles. The van der Waals surface area contributed by atoms with Gasteiger partial charge in [-0.15, -0.1) is 10.2 Å². The van der Waals surface area contributed by atoms with Gasteiger partial charge in [-0.25, -0.2) is 8.78 Å². The monoisotopic (exact) mass is 320 g/mol. The average molecular weight is 320 g/mol. The SMILES string of the molecule is CSc1nnc(SCC(O)c2c(F)cccc2F)s1. The first-order valence-corrected chi connectivity index (χ1v) is 8.26. The smallest absolute Gasteiger partial charge is 0.175 e. The summed E-state index contributed by atoms with van der Waals surface area (Å²) in [6, 6.07) is 3.52. The van der Waals surface area contributed by atoms with Crippen LogP contribution in [0.2, 0.25) is 0 Å².